The summed E-state index contributed by atoms with van der Waals surface area (Å²) >= 11 is 0. The Bertz CT molecular complexity index is 1840. The van der Waals surface area contributed by atoms with Gasteiger partial charge in [-0.25, -0.2) is 4.79 Å². The maximum Gasteiger partial charge on any atom is 0.335 e. The SMILES string of the molecule is O=C(O)c1cccc(N(Cc2ccc(-c3ccccc3-c3nn[nH]n3)cc2)C(=O)c2ccc(-c3ccccc3)cc2)c1. The van der Waals surface area contributed by atoms with Crippen LogP contribution in [0.3, 0.4) is 0 Å². The van der Waals surface area contributed by atoms with Crippen molar-refractivity contribution in [3.63, 3.8) is 0 Å². The molecule has 1 aromatic heterocycles. The molecule has 0 atom stereocenters. The molecule has 8 heteroatoms. The molecule has 0 unspecified atom stereocenters. The van der Waals surface area contributed by atoms with Gasteiger partial charge in [0.05, 0.1) is 12.1 Å². The second-order valence-corrected chi connectivity index (χ2v) is 9.67. The molecule has 0 aliphatic rings. The zero-order valence-electron chi connectivity index (χ0n) is 22.4. The number of hydrogen-bond acceptors (Lipinski definition) is 5. The highest BCUT2D eigenvalue weighted by atomic mass is 16.4. The molecule has 0 spiro atoms. The van der Waals surface area contributed by atoms with Crippen molar-refractivity contribution in [1.82, 2.24) is 20.6 Å². The van der Waals surface area contributed by atoms with Crippen molar-refractivity contribution in [3.8, 4) is 33.6 Å². The fourth-order valence-electron chi connectivity index (χ4n) is 4.86. The Balaban J connectivity index is 1.31. The van der Waals surface area contributed by atoms with Crippen LogP contribution < -0.4 is 4.90 Å². The van der Waals surface area contributed by atoms with Crippen molar-refractivity contribution >= 4 is 17.6 Å². The fourth-order valence-corrected chi connectivity index (χ4v) is 4.86. The van der Waals surface area contributed by atoms with Gasteiger partial charge < -0.3 is 10.0 Å². The van der Waals surface area contributed by atoms with Crippen molar-refractivity contribution < 1.29 is 14.7 Å². The lowest BCUT2D eigenvalue weighted by Gasteiger charge is -2.24. The Morgan fingerprint density at radius 3 is 2.02 bits per heavy atom. The first-order chi connectivity index (χ1) is 20.6. The summed E-state index contributed by atoms with van der Waals surface area (Å²) in [6, 6.07) is 39.5. The van der Waals surface area contributed by atoms with E-state index < -0.39 is 5.97 Å². The van der Waals surface area contributed by atoms with E-state index in [2.05, 4.69) is 20.6 Å². The van der Waals surface area contributed by atoms with Crippen LogP contribution in [-0.4, -0.2) is 37.6 Å². The van der Waals surface area contributed by atoms with Crippen molar-refractivity contribution in [2.45, 2.75) is 6.54 Å². The number of aromatic carboxylic acids is 1. The Labute approximate surface area is 241 Å². The number of H-pyrrole nitrogens is 1. The summed E-state index contributed by atoms with van der Waals surface area (Å²) in [4.78, 5) is 27.2. The number of aromatic nitrogens is 4. The van der Waals surface area contributed by atoms with Gasteiger partial charge in [0.15, 0.2) is 0 Å². The number of carbonyl (C=O) groups is 2. The van der Waals surface area contributed by atoms with Gasteiger partial charge in [-0.3, -0.25) is 4.79 Å². The minimum atomic E-state index is -1.05. The quantitative estimate of drug-likeness (QED) is 0.217. The molecule has 0 saturated carbocycles. The van der Waals surface area contributed by atoms with E-state index in [1.165, 1.54) is 12.1 Å². The van der Waals surface area contributed by atoms with Gasteiger partial charge in [-0.1, -0.05) is 97.1 Å². The maximum absolute atomic E-state index is 13.9. The number of rotatable bonds is 8. The lowest BCUT2D eigenvalue weighted by atomic mass is 9.98. The average molecular weight is 552 g/mol. The number of benzene rings is 5. The van der Waals surface area contributed by atoms with E-state index in [0.29, 0.717) is 17.1 Å². The summed E-state index contributed by atoms with van der Waals surface area (Å²) in [5, 5.41) is 24.0. The van der Waals surface area contributed by atoms with E-state index in [0.717, 1.165) is 33.4 Å². The highest BCUT2D eigenvalue weighted by Crippen LogP contribution is 2.30. The minimum Gasteiger partial charge on any atom is -0.478 e. The summed E-state index contributed by atoms with van der Waals surface area (Å²) in [6.07, 6.45) is 0. The number of carbonyl (C=O) groups excluding carboxylic acids is 1. The molecule has 42 heavy (non-hydrogen) atoms. The molecule has 6 rings (SSSR count). The maximum atomic E-state index is 13.9. The first-order valence-corrected chi connectivity index (χ1v) is 13.3. The first kappa shape index (κ1) is 26.3. The molecule has 0 saturated heterocycles. The Kier molecular flexibility index (Phi) is 7.33. The molecule has 0 aliphatic heterocycles. The normalized spacial score (nSPS) is 10.8. The highest BCUT2D eigenvalue weighted by molar-refractivity contribution is 6.06. The molecule has 5 aromatic carbocycles. The number of tetrazole rings is 1. The second kappa shape index (κ2) is 11.7. The number of hydrogen-bond donors (Lipinski definition) is 2. The minimum absolute atomic E-state index is 0.109. The zero-order chi connectivity index (χ0) is 28.9. The van der Waals surface area contributed by atoms with Crippen LogP contribution in [0, 0.1) is 0 Å². The smallest absolute Gasteiger partial charge is 0.335 e. The van der Waals surface area contributed by atoms with E-state index in [4.69, 9.17) is 0 Å². The molecule has 0 fully saturated rings. The Morgan fingerprint density at radius 1 is 0.667 bits per heavy atom. The van der Waals surface area contributed by atoms with Crippen LogP contribution in [0.5, 0.6) is 0 Å². The first-order valence-electron chi connectivity index (χ1n) is 13.3. The molecule has 204 valence electrons. The van der Waals surface area contributed by atoms with Crippen LogP contribution in [0.2, 0.25) is 0 Å². The fraction of sp³-hybridized carbons (Fsp3) is 0.0294. The van der Waals surface area contributed by atoms with Gasteiger partial charge in [0.2, 0.25) is 5.82 Å². The number of nitrogens with zero attached hydrogens (tertiary/aromatic N) is 4. The van der Waals surface area contributed by atoms with E-state index in [-0.39, 0.29) is 18.0 Å². The lowest BCUT2D eigenvalue weighted by Crippen LogP contribution is -2.30. The van der Waals surface area contributed by atoms with Crippen LogP contribution in [0.15, 0.2) is 127 Å². The van der Waals surface area contributed by atoms with Crippen LogP contribution in [-0.2, 0) is 6.54 Å². The summed E-state index contributed by atoms with van der Waals surface area (Å²) in [5.74, 6) is -0.784. The molecule has 0 radical (unpaired) electrons. The van der Waals surface area contributed by atoms with Gasteiger partial charge in [-0.15, -0.1) is 10.2 Å². The molecular formula is C34H25N5O3. The number of carboxylic acid groups (broad SMARTS) is 1. The number of amides is 1. The third-order valence-electron chi connectivity index (χ3n) is 7.01. The van der Waals surface area contributed by atoms with Gasteiger partial charge in [-0.05, 0) is 63.4 Å². The van der Waals surface area contributed by atoms with Crippen molar-refractivity contribution in [3.05, 3.63) is 144 Å². The van der Waals surface area contributed by atoms with E-state index in [1.54, 1.807) is 29.2 Å². The molecule has 8 nitrogen and oxygen atoms in total. The van der Waals surface area contributed by atoms with Gasteiger partial charge >= 0.3 is 5.97 Å². The molecule has 1 amide bonds. The molecule has 6 aromatic rings. The average Bonchev–Trinajstić information content (AvgIpc) is 3.59. The van der Waals surface area contributed by atoms with Gasteiger partial charge in [0.25, 0.3) is 5.91 Å². The largest absolute Gasteiger partial charge is 0.478 e. The molecule has 0 bridgehead atoms. The Morgan fingerprint density at radius 2 is 1.33 bits per heavy atom. The number of nitrogens with one attached hydrogen (secondary N) is 1. The molecule has 0 aliphatic carbocycles. The van der Waals surface area contributed by atoms with Crippen LogP contribution in [0.25, 0.3) is 33.6 Å². The van der Waals surface area contributed by atoms with Crippen molar-refractivity contribution in [2.75, 3.05) is 4.90 Å². The third-order valence-corrected chi connectivity index (χ3v) is 7.01. The Hall–Kier alpha value is -5.89. The van der Waals surface area contributed by atoms with E-state index in [1.807, 2.05) is 91.0 Å². The third kappa shape index (κ3) is 5.55. The van der Waals surface area contributed by atoms with Crippen LogP contribution in [0.1, 0.15) is 26.3 Å². The van der Waals surface area contributed by atoms with E-state index in [9.17, 15) is 14.7 Å². The van der Waals surface area contributed by atoms with Gasteiger partial charge in [-0.2, -0.15) is 5.21 Å². The lowest BCUT2D eigenvalue weighted by molar-refractivity contribution is 0.0696. The zero-order valence-corrected chi connectivity index (χ0v) is 22.4. The summed E-state index contributed by atoms with van der Waals surface area (Å²) in [6.45, 7) is 0.245. The van der Waals surface area contributed by atoms with E-state index >= 15 is 0 Å². The van der Waals surface area contributed by atoms with Crippen molar-refractivity contribution in [1.29, 1.82) is 0 Å². The monoisotopic (exact) mass is 551 g/mol. The summed E-state index contributed by atoms with van der Waals surface area (Å²) in [5.41, 5.74) is 6.81. The summed E-state index contributed by atoms with van der Waals surface area (Å²) < 4.78 is 0. The predicted octanol–water partition coefficient (Wildman–Crippen LogP) is 6.75. The topological polar surface area (TPSA) is 112 Å². The second-order valence-electron chi connectivity index (χ2n) is 9.67. The van der Waals surface area contributed by atoms with Gasteiger partial charge in [0, 0.05) is 16.8 Å². The van der Waals surface area contributed by atoms with Gasteiger partial charge in [0.1, 0.15) is 0 Å². The summed E-state index contributed by atoms with van der Waals surface area (Å²) in [7, 11) is 0. The van der Waals surface area contributed by atoms with Crippen LogP contribution in [0.4, 0.5) is 5.69 Å². The number of aromatic amines is 1. The molecule has 1 heterocycles. The number of anilines is 1. The predicted molar refractivity (Wildman–Crippen MR) is 161 cm³/mol. The van der Waals surface area contributed by atoms with Crippen molar-refractivity contribution in [2.24, 2.45) is 0 Å². The number of carboxylic acids is 1. The van der Waals surface area contributed by atoms with Crippen LogP contribution >= 0.6 is 0 Å². The molecule has 2 N–H and O–H groups in total. The standard InChI is InChI=1S/C34H25N5O3/c40-33(27-19-17-25(18-20-27)24-7-2-1-3-8-24)39(29-10-6-9-28(21-29)34(41)42)22-23-13-15-26(16-14-23)30-11-4-5-12-31(30)32-35-37-38-36-32/h1-21H,22H2,(H,41,42)(H,35,36,37,38). The molecular weight excluding hydrogens is 526 g/mol. The highest BCUT2D eigenvalue weighted by Gasteiger charge is 2.20.